The Kier molecular flexibility index (Phi) is 5.95. The standard InChI is InChI=1S/C24H20ClNO5S/c1-13-10-16(23(31-3)17(25)11-13)21(27)19-20(18-8-5-9-32-18)26(24(29)22(19)28)14-6-4-7-15(12-14)30-2/h4-12,20,27H,1-3H3/b21-19-. The van der Waals surface area contributed by atoms with E-state index in [-0.39, 0.29) is 22.6 Å². The van der Waals surface area contributed by atoms with Crippen LogP contribution >= 0.6 is 22.9 Å². The lowest BCUT2D eigenvalue weighted by Gasteiger charge is -2.24. The lowest BCUT2D eigenvalue weighted by atomic mass is 9.98. The van der Waals surface area contributed by atoms with E-state index in [1.54, 1.807) is 36.4 Å². The van der Waals surface area contributed by atoms with Gasteiger partial charge in [-0.3, -0.25) is 14.5 Å². The van der Waals surface area contributed by atoms with Crippen LogP contribution < -0.4 is 14.4 Å². The summed E-state index contributed by atoms with van der Waals surface area (Å²) < 4.78 is 10.7. The van der Waals surface area contributed by atoms with Gasteiger partial charge in [0.25, 0.3) is 11.7 Å². The van der Waals surface area contributed by atoms with Crippen LogP contribution in [0.4, 0.5) is 5.69 Å². The number of aliphatic hydroxyl groups excluding tert-OH is 1. The SMILES string of the molecule is COc1cccc(N2C(=O)C(=O)/C(=C(\O)c3cc(C)cc(Cl)c3OC)C2c2cccs2)c1. The number of nitrogens with zero attached hydrogens (tertiary/aromatic N) is 1. The summed E-state index contributed by atoms with van der Waals surface area (Å²) in [4.78, 5) is 28.5. The predicted molar refractivity (Wildman–Crippen MR) is 125 cm³/mol. The molecule has 8 heteroatoms. The Hall–Kier alpha value is -3.29. The molecule has 2 aromatic carbocycles. The van der Waals surface area contributed by atoms with Crippen molar-refractivity contribution in [3.05, 3.63) is 80.5 Å². The molecule has 32 heavy (non-hydrogen) atoms. The number of anilines is 1. The maximum absolute atomic E-state index is 13.2. The molecule has 1 aromatic heterocycles. The molecule has 1 aliphatic rings. The van der Waals surface area contributed by atoms with E-state index in [0.29, 0.717) is 16.5 Å². The fourth-order valence-corrected chi connectivity index (χ4v) is 5.01. The Labute approximate surface area is 194 Å². The minimum Gasteiger partial charge on any atom is -0.507 e. The largest absolute Gasteiger partial charge is 0.507 e. The maximum atomic E-state index is 13.2. The fraction of sp³-hybridized carbons (Fsp3) is 0.167. The van der Waals surface area contributed by atoms with Gasteiger partial charge in [0.15, 0.2) is 0 Å². The van der Waals surface area contributed by atoms with Crippen molar-refractivity contribution in [1.29, 1.82) is 0 Å². The zero-order chi connectivity index (χ0) is 23.0. The van der Waals surface area contributed by atoms with E-state index in [9.17, 15) is 14.7 Å². The second-order valence-corrected chi connectivity index (χ2v) is 8.60. The third-order valence-electron chi connectivity index (χ3n) is 5.24. The van der Waals surface area contributed by atoms with Gasteiger partial charge >= 0.3 is 0 Å². The molecule has 3 aromatic rings. The summed E-state index contributed by atoms with van der Waals surface area (Å²) in [7, 11) is 2.96. The number of carbonyl (C=O) groups excluding carboxylic acids is 2. The van der Waals surface area contributed by atoms with Crippen molar-refractivity contribution < 1.29 is 24.2 Å². The van der Waals surface area contributed by atoms with E-state index in [1.165, 1.54) is 30.5 Å². The number of hydrogen-bond acceptors (Lipinski definition) is 6. The van der Waals surface area contributed by atoms with Gasteiger partial charge in [-0.2, -0.15) is 0 Å². The van der Waals surface area contributed by atoms with Crippen LogP contribution in [0.2, 0.25) is 5.02 Å². The van der Waals surface area contributed by atoms with Gasteiger partial charge in [0.2, 0.25) is 0 Å². The fourth-order valence-electron chi connectivity index (χ4n) is 3.83. The number of thiophene rings is 1. The highest BCUT2D eigenvalue weighted by atomic mass is 35.5. The molecule has 4 rings (SSSR count). The lowest BCUT2D eigenvalue weighted by Crippen LogP contribution is -2.29. The van der Waals surface area contributed by atoms with Crippen molar-refractivity contribution >= 4 is 46.1 Å². The van der Waals surface area contributed by atoms with Gasteiger partial charge in [-0.1, -0.05) is 23.7 Å². The minimum absolute atomic E-state index is 0.0276. The number of rotatable bonds is 5. The summed E-state index contributed by atoms with van der Waals surface area (Å²) in [5.41, 5.74) is 1.48. The highest BCUT2D eigenvalue weighted by Crippen LogP contribution is 2.45. The van der Waals surface area contributed by atoms with Crippen LogP contribution in [0.15, 0.2) is 59.5 Å². The van der Waals surface area contributed by atoms with Crippen molar-refractivity contribution in [3.8, 4) is 11.5 Å². The second-order valence-electron chi connectivity index (χ2n) is 7.21. The molecule has 0 spiro atoms. The molecule has 2 heterocycles. The van der Waals surface area contributed by atoms with E-state index in [4.69, 9.17) is 21.1 Å². The lowest BCUT2D eigenvalue weighted by molar-refractivity contribution is -0.132. The molecule has 1 saturated heterocycles. The summed E-state index contributed by atoms with van der Waals surface area (Å²) in [5, 5.41) is 13.5. The van der Waals surface area contributed by atoms with E-state index in [0.717, 1.165) is 10.4 Å². The molecule has 0 bridgehead atoms. The predicted octanol–water partition coefficient (Wildman–Crippen LogP) is 5.35. The zero-order valence-electron chi connectivity index (χ0n) is 17.6. The van der Waals surface area contributed by atoms with Gasteiger partial charge in [0.1, 0.15) is 23.3 Å². The van der Waals surface area contributed by atoms with E-state index >= 15 is 0 Å². The van der Waals surface area contributed by atoms with Gasteiger partial charge in [-0.05, 0) is 48.2 Å². The number of aryl methyl sites for hydroxylation is 1. The first-order valence-corrected chi connectivity index (χ1v) is 11.0. The molecule has 1 atom stereocenters. The normalized spacial score (nSPS) is 17.6. The molecule has 1 aliphatic heterocycles. The average Bonchev–Trinajstić information content (AvgIpc) is 3.40. The highest BCUT2D eigenvalue weighted by Gasteiger charge is 2.47. The third kappa shape index (κ3) is 3.63. The Morgan fingerprint density at radius 2 is 1.88 bits per heavy atom. The molecule has 0 radical (unpaired) electrons. The summed E-state index contributed by atoms with van der Waals surface area (Å²) in [6, 6.07) is 13.1. The van der Waals surface area contributed by atoms with Crippen molar-refractivity contribution in [2.24, 2.45) is 0 Å². The van der Waals surface area contributed by atoms with Crippen molar-refractivity contribution in [2.45, 2.75) is 13.0 Å². The minimum atomic E-state index is -0.814. The van der Waals surface area contributed by atoms with Crippen molar-refractivity contribution in [3.63, 3.8) is 0 Å². The molecule has 6 nitrogen and oxygen atoms in total. The van der Waals surface area contributed by atoms with Gasteiger partial charge in [0, 0.05) is 16.6 Å². The van der Waals surface area contributed by atoms with Crippen LogP contribution in [0, 0.1) is 6.92 Å². The van der Waals surface area contributed by atoms with Gasteiger partial charge < -0.3 is 14.6 Å². The average molecular weight is 470 g/mol. The number of aliphatic hydroxyl groups is 1. The number of methoxy groups -OCH3 is 2. The molecule has 1 N–H and O–H groups in total. The van der Waals surface area contributed by atoms with Crippen molar-refractivity contribution in [1.82, 2.24) is 0 Å². The summed E-state index contributed by atoms with van der Waals surface area (Å²) in [6.07, 6.45) is 0. The second kappa shape index (κ2) is 8.68. The molecular formula is C24H20ClNO5S. The van der Waals surface area contributed by atoms with Crippen LogP contribution in [0.25, 0.3) is 5.76 Å². The van der Waals surface area contributed by atoms with E-state index < -0.39 is 17.7 Å². The number of amides is 1. The zero-order valence-corrected chi connectivity index (χ0v) is 19.2. The van der Waals surface area contributed by atoms with Crippen LogP contribution in [0.5, 0.6) is 11.5 Å². The van der Waals surface area contributed by atoms with Crippen LogP contribution in [0.1, 0.15) is 22.0 Å². The Morgan fingerprint density at radius 1 is 1.09 bits per heavy atom. The summed E-state index contributed by atoms with van der Waals surface area (Å²) in [5.74, 6) is -1.09. The summed E-state index contributed by atoms with van der Waals surface area (Å²) >= 11 is 7.70. The Balaban J connectivity index is 1.98. The number of ketones is 1. The first kappa shape index (κ1) is 21.9. The molecule has 1 amide bonds. The quantitative estimate of drug-likeness (QED) is 0.309. The number of hydrogen-bond donors (Lipinski definition) is 1. The smallest absolute Gasteiger partial charge is 0.300 e. The molecule has 1 unspecified atom stereocenters. The molecule has 1 fully saturated rings. The molecular weight excluding hydrogens is 450 g/mol. The molecule has 0 aliphatic carbocycles. The number of Topliss-reactive ketones (excluding diaryl/α,β-unsaturated/α-hetero) is 1. The van der Waals surface area contributed by atoms with Crippen LogP contribution in [0.3, 0.4) is 0 Å². The van der Waals surface area contributed by atoms with Crippen LogP contribution in [-0.4, -0.2) is 31.0 Å². The maximum Gasteiger partial charge on any atom is 0.300 e. The topological polar surface area (TPSA) is 76.1 Å². The Bertz CT molecular complexity index is 1240. The third-order valence-corrected chi connectivity index (χ3v) is 6.44. The van der Waals surface area contributed by atoms with Gasteiger partial charge in [-0.25, -0.2) is 0 Å². The number of carbonyl (C=O) groups is 2. The van der Waals surface area contributed by atoms with Crippen LogP contribution in [-0.2, 0) is 9.59 Å². The van der Waals surface area contributed by atoms with E-state index in [1.807, 2.05) is 24.4 Å². The first-order valence-electron chi connectivity index (χ1n) is 9.70. The van der Waals surface area contributed by atoms with Gasteiger partial charge in [0.05, 0.1) is 30.4 Å². The number of halogens is 1. The highest BCUT2D eigenvalue weighted by molar-refractivity contribution is 7.10. The number of ether oxygens (including phenoxy) is 2. The van der Waals surface area contributed by atoms with Crippen molar-refractivity contribution in [2.75, 3.05) is 19.1 Å². The first-order chi connectivity index (χ1) is 15.4. The number of benzene rings is 2. The Morgan fingerprint density at radius 3 is 2.53 bits per heavy atom. The van der Waals surface area contributed by atoms with E-state index in [2.05, 4.69) is 0 Å². The monoisotopic (exact) mass is 469 g/mol. The van der Waals surface area contributed by atoms with Gasteiger partial charge in [-0.15, -0.1) is 11.3 Å². The molecule has 0 saturated carbocycles. The molecule has 164 valence electrons. The summed E-state index contributed by atoms with van der Waals surface area (Å²) in [6.45, 7) is 1.81.